The Morgan fingerprint density at radius 3 is 1.81 bits per heavy atom. The Hall–Kier alpha value is -3.96. The number of nitrogens with zero attached hydrogens (tertiary/aromatic N) is 2. The van der Waals surface area contributed by atoms with Crippen molar-refractivity contribution in [1.82, 2.24) is 9.80 Å². The third kappa shape index (κ3) is 10.2. The Balaban J connectivity index is 0.00000340. The summed E-state index contributed by atoms with van der Waals surface area (Å²) in [7, 11) is -0.564. The first-order valence-electron chi connectivity index (χ1n) is 19.5. The maximum Gasteiger partial charge on any atom is 1.00 e. The Morgan fingerprint density at radius 2 is 1.27 bits per heavy atom. The standard InChI is InChI=1S/C43H44N4O13S2.2Na/c1-24-8-5-9-25(14-24)27-16-34-40(58-59-60-61)44-32-20-38(36(54-3)18-30(32)42(48)46(34)22-27)56-12-7-13-57-39-21-33-31(19-37(39)55-4)43(49)47-23-28(26-10-6-11-29(15-26)53-2)17-35(47)41(45-33)62(50,51)52;;/h5-6,8-11,14-15,18-23,34-35,40-41,44-45,61H,7,12-13,16-17H2,1-4H3,(H,50,51,52);;/q;2*+1/p-2/t34-,35-,40?,41?;;/m0../s1. The second-order valence-corrected chi connectivity index (χ2v) is 16.5. The number of aryl methyl sites for hydroxylation is 1. The summed E-state index contributed by atoms with van der Waals surface area (Å²) in [5.41, 5.74) is 5.27. The van der Waals surface area contributed by atoms with Crippen molar-refractivity contribution < 1.29 is 120 Å². The summed E-state index contributed by atoms with van der Waals surface area (Å²) in [6.45, 7) is 2.23. The first-order chi connectivity index (χ1) is 29.9. The van der Waals surface area contributed by atoms with Gasteiger partial charge in [-0.15, -0.1) is 0 Å². The van der Waals surface area contributed by atoms with E-state index in [0.717, 1.165) is 22.3 Å². The van der Waals surface area contributed by atoms with Crippen LogP contribution in [0.2, 0.25) is 0 Å². The minimum Gasteiger partial charge on any atom is -0.746 e. The van der Waals surface area contributed by atoms with Gasteiger partial charge in [0.2, 0.25) is 0 Å². The number of nitrogens with one attached hydrogen (secondary N) is 2. The van der Waals surface area contributed by atoms with E-state index < -0.39 is 39.7 Å². The minimum atomic E-state index is -4.97. The topological polar surface area (TPSA) is 196 Å². The van der Waals surface area contributed by atoms with Gasteiger partial charge in [-0.1, -0.05) is 47.0 Å². The van der Waals surface area contributed by atoms with Crippen molar-refractivity contribution in [2.24, 2.45) is 0 Å². The van der Waals surface area contributed by atoms with E-state index in [2.05, 4.69) is 27.9 Å². The van der Waals surface area contributed by atoms with Gasteiger partial charge in [-0.2, -0.15) is 4.89 Å². The third-order valence-corrected chi connectivity index (χ3v) is 12.2. The van der Waals surface area contributed by atoms with Crippen LogP contribution in [0.4, 0.5) is 11.4 Å². The molecule has 4 aromatic carbocycles. The van der Waals surface area contributed by atoms with Crippen LogP contribution >= 0.6 is 0 Å². The molecule has 4 aromatic rings. The fourth-order valence-corrected chi connectivity index (χ4v) is 9.04. The Kier molecular flexibility index (Phi) is 16.3. The second-order valence-electron chi connectivity index (χ2n) is 14.9. The number of hydrogen-bond donors (Lipinski definition) is 2. The van der Waals surface area contributed by atoms with Crippen molar-refractivity contribution >= 4 is 57.4 Å². The molecule has 0 aliphatic carbocycles. The van der Waals surface area contributed by atoms with Gasteiger partial charge < -0.3 is 65.9 Å². The Morgan fingerprint density at radius 1 is 0.719 bits per heavy atom. The van der Waals surface area contributed by atoms with E-state index in [1.54, 1.807) is 47.6 Å². The molecule has 326 valence electrons. The fourth-order valence-electron chi connectivity index (χ4n) is 8.13. The van der Waals surface area contributed by atoms with Gasteiger partial charge in [0, 0.05) is 31.0 Å². The number of rotatable bonds is 15. The second kappa shape index (κ2) is 21.1. The first-order valence-corrected chi connectivity index (χ1v) is 21.3. The fraction of sp³-hybridized carbons (Fsp3) is 0.302. The number of carbonyl (C=O) groups is 2. The van der Waals surface area contributed by atoms with Gasteiger partial charge in [-0.3, -0.25) is 9.59 Å². The zero-order valence-corrected chi connectivity index (χ0v) is 41.6. The summed E-state index contributed by atoms with van der Waals surface area (Å²) < 4.78 is 71.2. The molecule has 0 fully saturated rings. The van der Waals surface area contributed by atoms with E-state index >= 15 is 0 Å². The van der Waals surface area contributed by atoms with Crippen molar-refractivity contribution in [3.05, 3.63) is 113 Å². The number of hydrogen-bond acceptors (Lipinski definition) is 16. The van der Waals surface area contributed by atoms with Gasteiger partial charge >= 0.3 is 59.1 Å². The van der Waals surface area contributed by atoms with Gasteiger partial charge in [0.1, 0.15) is 21.2 Å². The van der Waals surface area contributed by atoms with Crippen LogP contribution in [0.1, 0.15) is 56.7 Å². The van der Waals surface area contributed by atoms with Crippen LogP contribution in [0, 0.1) is 6.92 Å². The summed E-state index contributed by atoms with van der Waals surface area (Å²) in [6, 6.07) is 19.7. The van der Waals surface area contributed by atoms with Crippen molar-refractivity contribution in [1.29, 1.82) is 0 Å². The Bertz CT molecular complexity index is 2580. The zero-order valence-electron chi connectivity index (χ0n) is 35.9. The zero-order chi connectivity index (χ0) is 43.7. The summed E-state index contributed by atoms with van der Waals surface area (Å²) in [4.78, 5) is 36.5. The number of methoxy groups -OCH3 is 3. The monoisotopic (exact) mass is 932 g/mol. The molecule has 0 radical (unpaired) electrons. The molecule has 4 atom stereocenters. The van der Waals surface area contributed by atoms with Crippen molar-refractivity contribution in [2.75, 3.05) is 45.2 Å². The van der Waals surface area contributed by atoms with Crippen LogP contribution < -0.4 is 93.4 Å². The quantitative estimate of drug-likeness (QED) is 0.0396. The van der Waals surface area contributed by atoms with Crippen LogP contribution in [0.3, 0.4) is 0 Å². The molecule has 2 N–H and O–H groups in total. The van der Waals surface area contributed by atoms with E-state index in [4.69, 9.17) is 33.6 Å². The van der Waals surface area contributed by atoms with Crippen molar-refractivity contribution in [3.8, 4) is 28.7 Å². The molecule has 0 saturated heterocycles. The molecule has 17 nitrogen and oxygen atoms in total. The van der Waals surface area contributed by atoms with Crippen molar-refractivity contribution in [2.45, 2.75) is 49.9 Å². The van der Waals surface area contributed by atoms with E-state index in [1.165, 1.54) is 38.4 Å². The van der Waals surface area contributed by atoms with Gasteiger partial charge in [-0.25, -0.2) is 8.42 Å². The number of benzene rings is 4. The maximum atomic E-state index is 14.1. The summed E-state index contributed by atoms with van der Waals surface area (Å²) >= 11 is 4.47. The smallest absolute Gasteiger partial charge is 0.746 e. The molecule has 21 heteroatoms. The molecule has 8 rings (SSSR count). The van der Waals surface area contributed by atoms with Crippen molar-refractivity contribution in [3.63, 3.8) is 0 Å². The van der Waals surface area contributed by atoms with Gasteiger partial charge in [0.25, 0.3) is 11.8 Å². The normalized spacial score (nSPS) is 19.7. The maximum absolute atomic E-state index is 14.1. The predicted octanol–water partition coefficient (Wildman–Crippen LogP) is -0.222. The molecule has 4 aliphatic rings. The predicted molar refractivity (Wildman–Crippen MR) is 226 cm³/mol. The van der Waals surface area contributed by atoms with E-state index in [0.29, 0.717) is 46.9 Å². The molecule has 4 heterocycles. The number of amides is 2. The Labute approximate surface area is 420 Å². The van der Waals surface area contributed by atoms with Crippen LogP contribution in [-0.4, -0.2) is 92.8 Å². The summed E-state index contributed by atoms with van der Waals surface area (Å²) in [6.07, 6.45) is 3.36. The largest absolute Gasteiger partial charge is 1.00 e. The number of carbonyl (C=O) groups excluding carboxylic acids is 2. The average Bonchev–Trinajstić information content (AvgIpc) is 3.87. The first kappa shape index (κ1) is 49.5. The molecule has 2 amide bonds. The molecular formula is C43H42N4Na2O13S2. The number of ether oxygens (including phenoxy) is 5. The molecule has 2 unspecified atom stereocenters. The molecule has 0 saturated carbocycles. The van der Waals surface area contributed by atoms with E-state index in [-0.39, 0.29) is 107 Å². The SMILES string of the molecule is COc1cccc(C2=CN3C(=O)c4cc(OC)c(OCCCOc5cc6c(cc5OC)C(=O)N5C=C(c7cccc(C)c7)C[C@H]5C(OOO[S-])N6)cc4NC(S(=O)(=O)[O-])[C@@H]3C2)c1.[Na+].[Na+]. The summed E-state index contributed by atoms with van der Waals surface area (Å²) in [5.74, 6) is 0.802. The van der Waals surface area contributed by atoms with E-state index in [9.17, 15) is 22.6 Å². The van der Waals surface area contributed by atoms with Crippen LogP contribution in [0.25, 0.3) is 11.1 Å². The molecule has 4 aliphatic heterocycles. The average molecular weight is 933 g/mol. The van der Waals surface area contributed by atoms with Gasteiger partial charge in [-0.05, 0) is 66.3 Å². The van der Waals surface area contributed by atoms with Gasteiger partial charge in [0.15, 0.2) is 29.2 Å². The van der Waals surface area contributed by atoms with Crippen LogP contribution in [-0.2, 0) is 37.3 Å². The van der Waals surface area contributed by atoms with E-state index in [1.807, 2.05) is 37.3 Å². The van der Waals surface area contributed by atoms with Gasteiger partial charge in [0.05, 0.1) is 69.1 Å². The third-order valence-electron chi connectivity index (χ3n) is 11.1. The minimum absolute atomic E-state index is 0. The summed E-state index contributed by atoms with van der Waals surface area (Å²) in [5, 5.41) is 9.12. The number of fused-ring (bicyclic) bond motifs is 4. The molecule has 0 spiro atoms. The molecule has 64 heavy (non-hydrogen) atoms. The molecule has 0 bridgehead atoms. The number of anilines is 2. The molecule has 0 aromatic heterocycles. The van der Waals surface area contributed by atoms with Crippen LogP contribution in [0.5, 0.6) is 28.7 Å². The molecular weight excluding hydrogens is 891 g/mol. The van der Waals surface area contributed by atoms with Crippen LogP contribution in [0.15, 0.2) is 85.2 Å².